The molecule has 0 spiro atoms. The second-order valence-corrected chi connectivity index (χ2v) is 6.38. The summed E-state index contributed by atoms with van der Waals surface area (Å²) < 4.78 is 7.59. The zero-order valence-corrected chi connectivity index (χ0v) is 12.2. The van der Waals surface area contributed by atoms with Gasteiger partial charge in [0.15, 0.2) is 0 Å². The van der Waals surface area contributed by atoms with E-state index in [1.807, 2.05) is 43.7 Å². The van der Waals surface area contributed by atoms with Crippen LogP contribution in [0.15, 0.2) is 42.9 Å². The Kier molecular flexibility index (Phi) is 3.28. The van der Waals surface area contributed by atoms with Crippen molar-refractivity contribution < 1.29 is 4.52 Å². The lowest BCUT2D eigenvalue weighted by atomic mass is 10.1. The number of anilines is 1. The first-order chi connectivity index (χ1) is 9.66. The van der Waals surface area contributed by atoms with Crippen LogP contribution in [0.4, 0.5) is 5.95 Å². The Morgan fingerprint density at radius 1 is 1.15 bits per heavy atom. The molecule has 0 aliphatic carbocycles. The van der Waals surface area contributed by atoms with Crippen molar-refractivity contribution >= 4 is 19.6 Å². The molecular formula is C14H15N4OP. The van der Waals surface area contributed by atoms with E-state index in [4.69, 9.17) is 10.3 Å². The summed E-state index contributed by atoms with van der Waals surface area (Å²) in [6, 6.07) is 10.0. The number of nitrogens with two attached hydrogens (primary N) is 1. The number of nitrogen functional groups attached to an aromatic ring is 1. The smallest absolute Gasteiger partial charge is 0.243 e. The molecule has 0 aliphatic heterocycles. The lowest BCUT2D eigenvalue weighted by molar-refractivity contribution is 0.606. The van der Waals surface area contributed by atoms with Gasteiger partial charge in [0, 0.05) is 11.8 Å². The van der Waals surface area contributed by atoms with E-state index in [0.29, 0.717) is 11.8 Å². The summed E-state index contributed by atoms with van der Waals surface area (Å²) in [5.74, 6) is 1.01. The first kappa shape index (κ1) is 12.9. The molecule has 0 atom stereocenters. The van der Waals surface area contributed by atoms with Gasteiger partial charge in [-0.3, -0.25) is 4.40 Å². The molecule has 2 heterocycles. The van der Waals surface area contributed by atoms with Crippen LogP contribution in [0.1, 0.15) is 0 Å². The molecule has 2 N–H and O–H groups in total. The van der Waals surface area contributed by atoms with Crippen LogP contribution in [-0.2, 0) is 0 Å². The summed E-state index contributed by atoms with van der Waals surface area (Å²) in [7, 11) is -0.552. The van der Waals surface area contributed by atoms with Gasteiger partial charge >= 0.3 is 0 Å². The fraction of sp³-hybridized carbons (Fsp3) is 0.143. The molecule has 102 valence electrons. The minimum Gasteiger partial charge on any atom is -0.456 e. The van der Waals surface area contributed by atoms with Crippen LogP contribution in [0.25, 0.3) is 16.6 Å². The Morgan fingerprint density at radius 2 is 1.90 bits per heavy atom. The molecule has 20 heavy (non-hydrogen) atoms. The van der Waals surface area contributed by atoms with Crippen LogP contribution in [0.5, 0.6) is 5.88 Å². The van der Waals surface area contributed by atoms with Crippen molar-refractivity contribution in [3.05, 3.63) is 42.9 Å². The third-order valence-electron chi connectivity index (χ3n) is 2.92. The molecule has 0 bridgehead atoms. The predicted octanol–water partition coefficient (Wildman–Crippen LogP) is 3.01. The standard InChI is InChI=1S/C14H15N4OP/c1-20(2)19-13-12-11(10-6-4-3-5-7-10)8-16-14(15)18(12)9-17-13/h3-9H,1-2H3,(H2,15,16). The van der Waals surface area contributed by atoms with E-state index in [1.165, 1.54) is 0 Å². The van der Waals surface area contributed by atoms with Crippen LogP contribution in [-0.4, -0.2) is 27.7 Å². The van der Waals surface area contributed by atoms with Gasteiger partial charge in [-0.2, -0.15) is 0 Å². The highest BCUT2D eigenvalue weighted by atomic mass is 31.1. The predicted molar refractivity (Wildman–Crippen MR) is 82.2 cm³/mol. The molecule has 2 aromatic heterocycles. The summed E-state index contributed by atoms with van der Waals surface area (Å²) in [4.78, 5) is 8.55. The maximum Gasteiger partial charge on any atom is 0.243 e. The number of benzene rings is 1. The van der Waals surface area contributed by atoms with E-state index >= 15 is 0 Å². The zero-order valence-electron chi connectivity index (χ0n) is 11.3. The average Bonchev–Trinajstić information content (AvgIpc) is 2.84. The van der Waals surface area contributed by atoms with Crippen LogP contribution in [0.3, 0.4) is 0 Å². The Morgan fingerprint density at radius 3 is 2.60 bits per heavy atom. The quantitative estimate of drug-likeness (QED) is 0.752. The Balaban J connectivity index is 2.26. The van der Waals surface area contributed by atoms with Gasteiger partial charge in [0.1, 0.15) is 11.8 Å². The first-order valence-electron chi connectivity index (χ1n) is 6.19. The van der Waals surface area contributed by atoms with Gasteiger partial charge in [0.05, 0.1) is 8.15 Å². The van der Waals surface area contributed by atoms with Crippen molar-refractivity contribution in [2.45, 2.75) is 0 Å². The first-order valence-corrected chi connectivity index (χ1v) is 8.34. The third kappa shape index (κ3) is 2.21. The largest absolute Gasteiger partial charge is 0.456 e. The monoisotopic (exact) mass is 286 g/mol. The minimum atomic E-state index is -0.552. The molecule has 0 fully saturated rings. The molecule has 0 unspecified atom stereocenters. The molecular weight excluding hydrogens is 271 g/mol. The van der Waals surface area contributed by atoms with Crippen molar-refractivity contribution in [2.24, 2.45) is 0 Å². The number of nitrogens with zero attached hydrogens (tertiary/aromatic N) is 3. The van der Waals surface area contributed by atoms with Crippen LogP contribution in [0.2, 0.25) is 0 Å². The normalized spacial score (nSPS) is 11.2. The maximum atomic E-state index is 5.91. The minimum absolute atomic E-state index is 0.401. The Hall–Kier alpha value is -2.13. The summed E-state index contributed by atoms with van der Waals surface area (Å²) in [5, 5.41) is 0. The highest BCUT2D eigenvalue weighted by Gasteiger charge is 2.15. The molecule has 3 rings (SSSR count). The topological polar surface area (TPSA) is 65.4 Å². The van der Waals surface area contributed by atoms with Gasteiger partial charge in [-0.25, -0.2) is 9.97 Å². The number of aromatic nitrogens is 3. The fourth-order valence-corrected chi connectivity index (χ4v) is 2.55. The second-order valence-electron chi connectivity index (χ2n) is 4.57. The molecule has 5 nitrogen and oxygen atoms in total. The van der Waals surface area contributed by atoms with E-state index < -0.39 is 8.15 Å². The maximum absolute atomic E-state index is 5.91. The van der Waals surface area contributed by atoms with E-state index in [-0.39, 0.29) is 0 Å². The number of hydrogen-bond acceptors (Lipinski definition) is 4. The number of fused-ring (bicyclic) bond motifs is 1. The van der Waals surface area contributed by atoms with Gasteiger partial charge in [-0.1, -0.05) is 30.3 Å². The lowest BCUT2D eigenvalue weighted by Crippen LogP contribution is -2.00. The molecule has 0 radical (unpaired) electrons. The molecule has 3 aromatic rings. The van der Waals surface area contributed by atoms with Crippen LogP contribution in [0, 0.1) is 0 Å². The second kappa shape index (κ2) is 5.10. The van der Waals surface area contributed by atoms with Crippen LogP contribution < -0.4 is 10.3 Å². The van der Waals surface area contributed by atoms with Gasteiger partial charge in [-0.15, -0.1) is 0 Å². The summed E-state index contributed by atoms with van der Waals surface area (Å²) in [6.45, 7) is 4.07. The van der Waals surface area contributed by atoms with E-state index in [2.05, 4.69) is 9.97 Å². The average molecular weight is 286 g/mol. The van der Waals surface area contributed by atoms with Crippen molar-refractivity contribution in [1.29, 1.82) is 0 Å². The van der Waals surface area contributed by atoms with E-state index in [9.17, 15) is 0 Å². The molecule has 6 heteroatoms. The highest BCUT2D eigenvalue weighted by Crippen LogP contribution is 2.36. The van der Waals surface area contributed by atoms with E-state index in [0.717, 1.165) is 16.6 Å². The molecule has 0 saturated carbocycles. The SMILES string of the molecule is CP(C)Oc1ncn2c(N)ncc(-c3ccccc3)c12. The van der Waals surface area contributed by atoms with Crippen molar-refractivity contribution in [2.75, 3.05) is 19.1 Å². The third-order valence-corrected chi connectivity index (χ3v) is 3.45. The van der Waals surface area contributed by atoms with E-state index in [1.54, 1.807) is 16.9 Å². The van der Waals surface area contributed by atoms with Crippen molar-refractivity contribution in [3.8, 4) is 17.0 Å². The van der Waals surface area contributed by atoms with Crippen molar-refractivity contribution in [3.63, 3.8) is 0 Å². The number of rotatable bonds is 3. The molecule has 0 saturated heterocycles. The zero-order chi connectivity index (χ0) is 14.1. The van der Waals surface area contributed by atoms with Crippen LogP contribution >= 0.6 is 8.15 Å². The van der Waals surface area contributed by atoms with Gasteiger partial charge in [0.25, 0.3) is 0 Å². The van der Waals surface area contributed by atoms with Gasteiger partial charge in [-0.05, 0) is 18.9 Å². The Bertz CT molecular complexity index is 740. The number of hydrogen-bond donors (Lipinski definition) is 1. The lowest BCUT2D eigenvalue weighted by Gasteiger charge is -2.10. The summed E-state index contributed by atoms with van der Waals surface area (Å²) in [6.07, 6.45) is 3.42. The highest BCUT2D eigenvalue weighted by molar-refractivity contribution is 7.51. The van der Waals surface area contributed by atoms with Gasteiger partial charge in [0.2, 0.25) is 11.8 Å². The molecule has 0 aliphatic rings. The fourth-order valence-electron chi connectivity index (χ4n) is 2.07. The summed E-state index contributed by atoms with van der Waals surface area (Å²) >= 11 is 0. The summed E-state index contributed by atoms with van der Waals surface area (Å²) in [5.41, 5.74) is 8.79. The van der Waals surface area contributed by atoms with Gasteiger partial charge < -0.3 is 10.3 Å². The number of imidazole rings is 1. The molecule has 0 amide bonds. The van der Waals surface area contributed by atoms with Crippen molar-refractivity contribution in [1.82, 2.24) is 14.4 Å². The Labute approximate surface area is 118 Å². The molecule has 1 aromatic carbocycles.